The molecule has 0 saturated carbocycles. The Morgan fingerprint density at radius 2 is 1.26 bits per heavy atom. The van der Waals surface area contributed by atoms with E-state index < -0.39 is 10.1 Å². The van der Waals surface area contributed by atoms with Crippen LogP contribution in [0.4, 0.5) is 0 Å². The summed E-state index contributed by atoms with van der Waals surface area (Å²) < 4.78 is 30.8. The summed E-state index contributed by atoms with van der Waals surface area (Å²) in [6.07, 6.45) is 14.8. The van der Waals surface area contributed by atoms with Crippen molar-refractivity contribution in [1.29, 1.82) is 0 Å². The molecule has 0 atom stereocenters. The first-order valence-electron chi connectivity index (χ1n) is 7.18. The summed E-state index contributed by atoms with van der Waals surface area (Å²) in [7, 11) is -4.17. The number of hydrogen-bond acceptors (Lipinski definition) is 3. The van der Waals surface area contributed by atoms with Crippen molar-refractivity contribution in [3.8, 4) is 0 Å². The van der Waals surface area contributed by atoms with Gasteiger partial charge in [-0.3, -0.25) is 0 Å². The summed E-state index contributed by atoms with van der Waals surface area (Å²) in [5.41, 5.74) is 0. The Kier molecular flexibility index (Phi) is 16.6. The largest absolute Gasteiger partial charge is 1.00 e. The normalized spacial score (nSPS) is 11.7. The van der Waals surface area contributed by atoms with Gasteiger partial charge in [-0.05, 0) is 12.8 Å². The third-order valence-electron chi connectivity index (χ3n) is 2.99. The van der Waals surface area contributed by atoms with Crippen molar-refractivity contribution >= 4 is 10.1 Å². The summed E-state index contributed by atoms with van der Waals surface area (Å²) in [4.78, 5) is 0. The quantitative estimate of drug-likeness (QED) is 0.308. The second-order valence-electron chi connectivity index (χ2n) is 4.84. The van der Waals surface area contributed by atoms with Gasteiger partial charge in [0, 0.05) is 5.41 Å². The predicted octanol–water partition coefficient (Wildman–Crippen LogP) is 1.36. The zero-order chi connectivity index (χ0) is 13.7. The molecule has 0 bridgehead atoms. The smallest absolute Gasteiger partial charge is 0.744 e. The first-order valence-corrected chi connectivity index (χ1v) is 8.66. The number of unbranched alkanes of at least 4 members (excludes halogenated alkanes) is 10. The van der Waals surface area contributed by atoms with E-state index >= 15 is 0 Å². The SMILES string of the molecule is CCCCCCCCCCCC/C=C/S(=O)(=O)[O-].[Li+]. The molecule has 0 aliphatic rings. The molecule has 0 unspecified atom stereocenters. The van der Waals surface area contributed by atoms with Crippen molar-refractivity contribution in [3.63, 3.8) is 0 Å². The van der Waals surface area contributed by atoms with Gasteiger partial charge in [-0.15, -0.1) is 0 Å². The summed E-state index contributed by atoms with van der Waals surface area (Å²) in [6.45, 7) is 2.23. The minimum atomic E-state index is -4.17. The molecule has 0 aliphatic heterocycles. The Labute approximate surface area is 131 Å². The molecule has 0 heterocycles. The Hall–Kier alpha value is 0.247. The molecule has 5 heteroatoms. The summed E-state index contributed by atoms with van der Waals surface area (Å²) in [6, 6.07) is 0. The molecule has 108 valence electrons. The molecule has 0 amide bonds. The number of rotatable bonds is 12. The summed E-state index contributed by atoms with van der Waals surface area (Å²) in [5, 5.41) is 0.765. The topological polar surface area (TPSA) is 57.2 Å². The van der Waals surface area contributed by atoms with Crippen molar-refractivity contribution in [1.82, 2.24) is 0 Å². The standard InChI is InChI=1S/C14H28O3S.Li/c1-2-3-4-5-6-7-8-9-10-11-12-13-14-18(15,16)17;/h13-14H,2-12H2,1H3,(H,15,16,17);/q;+1/p-1/b14-13+;. The maximum atomic E-state index is 10.3. The molecule has 0 spiro atoms. The first kappa shape index (κ1) is 21.5. The fourth-order valence-corrected chi connectivity index (χ4v) is 2.31. The van der Waals surface area contributed by atoms with Crippen molar-refractivity contribution in [3.05, 3.63) is 11.5 Å². The van der Waals surface area contributed by atoms with E-state index in [1.54, 1.807) is 0 Å². The fourth-order valence-electron chi connectivity index (χ4n) is 1.94. The Bertz CT molecular complexity index is 300. The van der Waals surface area contributed by atoms with E-state index in [-0.39, 0.29) is 18.9 Å². The molecule has 0 aliphatic carbocycles. The van der Waals surface area contributed by atoms with Crippen LogP contribution in [0.15, 0.2) is 11.5 Å². The number of allylic oxidation sites excluding steroid dienone is 1. The number of hydrogen-bond donors (Lipinski definition) is 0. The van der Waals surface area contributed by atoms with Crippen molar-refractivity contribution < 1.29 is 31.8 Å². The average Bonchev–Trinajstić information content (AvgIpc) is 2.29. The van der Waals surface area contributed by atoms with Crippen molar-refractivity contribution in [2.75, 3.05) is 0 Å². The van der Waals surface area contributed by atoms with Crippen molar-refractivity contribution in [2.45, 2.75) is 77.6 Å². The summed E-state index contributed by atoms with van der Waals surface area (Å²) in [5.74, 6) is 0. The average molecular weight is 282 g/mol. The third kappa shape index (κ3) is 20.7. The van der Waals surface area contributed by atoms with Gasteiger partial charge in [0.15, 0.2) is 0 Å². The fraction of sp³-hybridized carbons (Fsp3) is 0.857. The van der Waals surface area contributed by atoms with Gasteiger partial charge in [0.2, 0.25) is 0 Å². The van der Waals surface area contributed by atoms with E-state index in [2.05, 4.69) is 6.92 Å². The predicted molar refractivity (Wildman–Crippen MR) is 75.3 cm³/mol. The minimum absolute atomic E-state index is 0. The Morgan fingerprint density at radius 3 is 1.68 bits per heavy atom. The zero-order valence-corrected chi connectivity index (χ0v) is 13.4. The van der Waals surface area contributed by atoms with Gasteiger partial charge in [-0.2, -0.15) is 0 Å². The van der Waals surface area contributed by atoms with Crippen LogP contribution >= 0.6 is 0 Å². The van der Waals surface area contributed by atoms with Gasteiger partial charge < -0.3 is 4.55 Å². The molecule has 0 saturated heterocycles. The monoisotopic (exact) mass is 282 g/mol. The van der Waals surface area contributed by atoms with E-state index in [0.29, 0.717) is 6.42 Å². The van der Waals surface area contributed by atoms with E-state index in [9.17, 15) is 13.0 Å². The maximum Gasteiger partial charge on any atom is 1.00 e. The Balaban J connectivity index is 0. The molecule has 0 radical (unpaired) electrons. The van der Waals surface area contributed by atoms with E-state index in [1.165, 1.54) is 57.4 Å². The minimum Gasteiger partial charge on any atom is -0.744 e. The molecule has 3 nitrogen and oxygen atoms in total. The molecule has 0 aromatic rings. The van der Waals surface area contributed by atoms with Gasteiger partial charge in [-0.25, -0.2) is 8.42 Å². The molecular formula is C14H27LiO3S. The molecule has 0 fully saturated rings. The molecule has 0 aromatic carbocycles. The van der Waals surface area contributed by atoms with Crippen LogP contribution in [0.25, 0.3) is 0 Å². The van der Waals surface area contributed by atoms with Crippen LogP contribution in [-0.4, -0.2) is 13.0 Å². The van der Waals surface area contributed by atoms with Gasteiger partial charge in [0.25, 0.3) is 0 Å². The molecule has 19 heavy (non-hydrogen) atoms. The summed E-state index contributed by atoms with van der Waals surface area (Å²) >= 11 is 0. The third-order valence-corrected chi connectivity index (χ3v) is 3.51. The van der Waals surface area contributed by atoms with E-state index in [1.807, 2.05) is 0 Å². The van der Waals surface area contributed by atoms with Crippen LogP contribution in [0.2, 0.25) is 0 Å². The first-order chi connectivity index (χ1) is 8.56. The van der Waals surface area contributed by atoms with Gasteiger partial charge in [0.05, 0.1) is 0 Å². The van der Waals surface area contributed by atoms with Crippen LogP contribution in [0, 0.1) is 0 Å². The van der Waals surface area contributed by atoms with E-state index in [4.69, 9.17) is 0 Å². The zero-order valence-electron chi connectivity index (χ0n) is 12.6. The van der Waals surface area contributed by atoms with E-state index in [0.717, 1.165) is 18.2 Å². The molecule has 0 aromatic heterocycles. The van der Waals surface area contributed by atoms with Crippen LogP contribution in [0.5, 0.6) is 0 Å². The van der Waals surface area contributed by atoms with Crippen molar-refractivity contribution in [2.24, 2.45) is 0 Å². The van der Waals surface area contributed by atoms with Crippen LogP contribution in [-0.2, 0) is 10.1 Å². The Morgan fingerprint density at radius 1 is 0.842 bits per heavy atom. The molecule has 0 rings (SSSR count). The van der Waals surface area contributed by atoms with Crippen LogP contribution in [0.3, 0.4) is 0 Å². The van der Waals surface area contributed by atoms with Crippen LogP contribution < -0.4 is 18.9 Å². The van der Waals surface area contributed by atoms with Gasteiger partial charge in [0.1, 0.15) is 10.1 Å². The van der Waals surface area contributed by atoms with Gasteiger partial charge in [-0.1, -0.05) is 70.8 Å². The maximum absolute atomic E-state index is 10.3. The van der Waals surface area contributed by atoms with Crippen LogP contribution in [0.1, 0.15) is 77.6 Å². The van der Waals surface area contributed by atoms with Gasteiger partial charge >= 0.3 is 18.9 Å². The second-order valence-corrected chi connectivity index (χ2v) is 6.09. The second kappa shape index (κ2) is 14.7. The molecule has 0 N–H and O–H groups in total. The molecular weight excluding hydrogens is 255 g/mol.